The molecule has 0 N–H and O–H groups in total. The molecule has 0 saturated carbocycles. The molecule has 2 aromatic carbocycles. The lowest BCUT2D eigenvalue weighted by molar-refractivity contribution is -0.137. The Morgan fingerprint density at radius 1 is 1.15 bits per heavy atom. The molecule has 3 aromatic rings. The third kappa shape index (κ3) is 2.32. The Morgan fingerprint density at radius 2 is 1.95 bits per heavy atom. The van der Waals surface area contributed by atoms with E-state index in [9.17, 15) is 4.79 Å². The van der Waals surface area contributed by atoms with Gasteiger partial charge in [-0.15, -0.1) is 11.3 Å². The van der Waals surface area contributed by atoms with E-state index in [1.807, 2.05) is 24.3 Å². The number of esters is 1. The monoisotopic (exact) mass is 282 g/mol. The number of fused-ring (bicyclic) bond motifs is 3. The number of thiophene rings is 1. The van der Waals surface area contributed by atoms with E-state index in [-0.39, 0.29) is 5.97 Å². The molecule has 0 fully saturated rings. The van der Waals surface area contributed by atoms with Crippen molar-refractivity contribution in [3.63, 3.8) is 0 Å². The van der Waals surface area contributed by atoms with Crippen molar-refractivity contribution in [3.8, 4) is 0 Å². The molecule has 0 amide bonds. The number of benzene rings is 2. The predicted molar refractivity (Wildman–Crippen MR) is 85.0 cm³/mol. The molecule has 1 aromatic heterocycles. The number of rotatable bonds is 3. The van der Waals surface area contributed by atoms with Gasteiger partial charge in [0.1, 0.15) is 0 Å². The summed E-state index contributed by atoms with van der Waals surface area (Å²) in [5.74, 6) is -0.300. The lowest BCUT2D eigenvalue weighted by Crippen LogP contribution is -1.98. The van der Waals surface area contributed by atoms with Gasteiger partial charge in [-0.25, -0.2) is 4.79 Å². The van der Waals surface area contributed by atoms with E-state index >= 15 is 0 Å². The Kier molecular flexibility index (Phi) is 3.52. The molecule has 0 aliphatic carbocycles. The molecule has 0 radical (unpaired) electrons. The van der Waals surface area contributed by atoms with Gasteiger partial charge in [0, 0.05) is 26.2 Å². The van der Waals surface area contributed by atoms with Gasteiger partial charge in [-0.1, -0.05) is 36.4 Å². The maximum atomic E-state index is 11.4. The molecule has 0 unspecified atom stereocenters. The van der Waals surface area contributed by atoms with Crippen molar-refractivity contribution in [1.82, 2.24) is 0 Å². The van der Waals surface area contributed by atoms with Crippen LogP contribution in [0.4, 0.5) is 0 Å². The zero-order valence-corrected chi connectivity index (χ0v) is 11.9. The Morgan fingerprint density at radius 3 is 2.80 bits per heavy atom. The quantitative estimate of drug-likeness (QED) is 0.517. The number of hydrogen-bond acceptors (Lipinski definition) is 3. The molecular formula is C17H14O2S. The molecule has 3 rings (SSSR count). The lowest BCUT2D eigenvalue weighted by Gasteiger charge is -1.97. The Labute approximate surface area is 121 Å². The van der Waals surface area contributed by atoms with Crippen LogP contribution in [0.1, 0.15) is 12.5 Å². The summed E-state index contributed by atoms with van der Waals surface area (Å²) in [6.45, 7) is 2.20. The van der Waals surface area contributed by atoms with Crippen LogP contribution in [-0.4, -0.2) is 12.6 Å². The maximum absolute atomic E-state index is 11.4. The first-order chi connectivity index (χ1) is 9.79. The van der Waals surface area contributed by atoms with E-state index in [1.54, 1.807) is 18.3 Å². The highest BCUT2D eigenvalue weighted by molar-refractivity contribution is 7.26. The van der Waals surface area contributed by atoms with E-state index in [0.29, 0.717) is 6.61 Å². The van der Waals surface area contributed by atoms with E-state index < -0.39 is 0 Å². The highest BCUT2D eigenvalue weighted by Crippen LogP contribution is 2.36. The second-order valence-corrected chi connectivity index (χ2v) is 5.46. The van der Waals surface area contributed by atoms with Crippen LogP contribution < -0.4 is 0 Å². The fraction of sp³-hybridized carbons (Fsp3) is 0.118. The summed E-state index contributed by atoms with van der Waals surface area (Å²) in [5, 5.41) is 2.50. The molecule has 0 bridgehead atoms. The molecular weight excluding hydrogens is 268 g/mol. The molecule has 0 aliphatic rings. The Hall–Kier alpha value is -2.13. The molecule has 0 aliphatic heterocycles. The van der Waals surface area contributed by atoms with Gasteiger partial charge in [-0.05, 0) is 24.6 Å². The second kappa shape index (κ2) is 5.47. The van der Waals surface area contributed by atoms with Crippen LogP contribution in [-0.2, 0) is 9.53 Å². The van der Waals surface area contributed by atoms with Crippen LogP contribution in [0.2, 0.25) is 0 Å². The summed E-state index contributed by atoms with van der Waals surface area (Å²) in [7, 11) is 0. The fourth-order valence-corrected chi connectivity index (χ4v) is 3.44. The van der Waals surface area contributed by atoms with Crippen molar-refractivity contribution >= 4 is 43.6 Å². The first-order valence-electron chi connectivity index (χ1n) is 6.54. The van der Waals surface area contributed by atoms with Gasteiger partial charge in [-0.3, -0.25) is 0 Å². The minimum atomic E-state index is -0.300. The van der Waals surface area contributed by atoms with Crippen molar-refractivity contribution in [3.05, 3.63) is 54.1 Å². The first kappa shape index (κ1) is 12.9. The number of carbonyl (C=O) groups excluding carboxylic acids is 1. The lowest BCUT2D eigenvalue weighted by atomic mass is 10.1. The van der Waals surface area contributed by atoms with Gasteiger partial charge in [0.25, 0.3) is 0 Å². The zero-order chi connectivity index (χ0) is 13.9. The van der Waals surface area contributed by atoms with Crippen molar-refractivity contribution in [2.75, 3.05) is 6.61 Å². The zero-order valence-electron chi connectivity index (χ0n) is 11.1. The fourth-order valence-electron chi connectivity index (χ4n) is 2.25. The Balaban J connectivity index is 2.10. The van der Waals surface area contributed by atoms with Crippen LogP contribution in [0, 0.1) is 0 Å². The van der Waals surface area contributed by atoms with Crippen LogP contribution in [0.25, 0.3) is 26.2 Å². The summed E-state index contributed by atoms with van der Waals surface area (Å²) >= 11 is 1.75. The topological polar surface area (TPSA) is 26.3 Å². The molecule has 0 spiro atoms. The summed E-state index contributed by atoms with van der Waals surface area (Å²) in [6.07, 6.45) is 3.32. The van der Waals surface area contributed by atoms with E-state index in [1.165, 1.54) is 26.2 Å². The average Bonchev–Trinajstić information content (AvgIpc) is 2.84. The highest BCUT2D eigenvalue weighted by atomic mass is 32.1. The van der Waals surface area contributed by atoms with Gasteiger partial charge < -0.3 is 4.74 Å². The summed E-state index contributed by atoms with van der Waals surface area (Å²) < 4.78 is 7.38. The average molecular weight is 282 g/mol. The number of ether oxygens (including phenoxy) is 1. The molecule has 0 saturated heterocycles. The largest absolute Gasteiger partial charge is 0.463 e. The van der Waals surface area contributed by atoms with E-state index in [4.69, 9.17) is 4.74 Å². The van der Waals surface area contributed by atoms with Crippen molar-refractivity contribution in [2.45, 2.75) is 6.92 Å². The van der Waals surface area contributed by atoms with Crippen molar-refractivity contribution in [1.29, 1.82) is 0 Å². The summed E-state index contributed by atoms with van der Waals surface area (Å²) in [5.41, 5.74) is 1.05. The van der Waals surface area contributed by atoms with Crippen LogP contribution in [0.15, 0.2) is 48.5 Å². The Bertz CT molecular complexity index is 799. The SMILES string of the molecule is CCOC(=O)/C=C/c1cccc2c1sc1ccccc12. The molecule has 1 heterocycles. The van der Waals surface area contributed by atoms with Crippen molar-refractivity contribution < 1.29 is 9.53 Å². The smallest absolute Gasteiger partial charge is 0.330 e. The van der Waals surface area contributed by atoms with E-state index in [0.717, 1.165) is 5.56 Å². The summed E-state index contributed by atoms with van der Waals surface area (Å²) in [4.78, 5) is 11.4. The molecule has 0 atom stereocenters. The van der Waals surface area contributed by atoms with Crippen molar-refractivity contribution in [2.24, 2.45) is 0 Å². The van der Waals surface area contributed by atoms with E-state index in [2.05, 4.69) is 24.3 Å². The molecule has 2 nitrogen and oxygen atoms in total. The van der Waals surface area contributed by atoms with Gasteiger partial charge >= 0.3 is 5.97 Å². The van der Waals surface area contributed by atoms with Gasteiger partial charge in [-0.2, -0.15) is 0 Å². The predicted octanol–water partition coefficient (Wildman–Crippen LogP) is 4.63. The number of hydrogen-bond donors (Lipinski definition) is 0. The summed E-state index contributed by atoms with van der Waals surface area (Å²) in [6, 6.07) is 14.5. The second-order valence-electron chi connectivity index (χ2n) is 4.41. The molecule has 3 heteroatoms. The minimum absolute atomic E-state index is 0.300. The molecule has 100 valence electrons. The minimum Gasteiger partial charge on any atom is -0.463 e. The van der Waals surface area contributed by atoms with Gasteiger partial charge in [0.15, 0.2) is 0 Å². The third-order valence-electron chi connectivity index (χ3n) is 3.12. The maximum Gasteiger partial charge on any atom is 0.330 e. The van der Waals surface area contributed by atoms with Crippen LogP contribution in [0.3, 0.4) is 0 Å². The first-order valence-corrected chi connectivity index (χ1v) is 7.36. The normalized spacial score (nSPS) is 11.4. The third-order valence-corrected chi connectivity index (χ3v) is 4.36. The highest BCUT2D eigenvalue weighted by Gasteiger charge is 2.06. The van der Waals surface area contributed by atoms with Gasteiger partial charge in [0.05, 0.1) is 6.61 Å². The standard InChI is InChI=1S/C17H14O2S/c1-2-19-16(18)11-10-12-6-5-8-14-13-7-3-4-9-15(13)20-17(12)14/h3-11H,2H2,1H3/b11-10+. The van der Waals surface area contributed by atoms with Crippen LogP contribution >= 0.6 is 11.3 Å². The van der Waals surface area contributed by atoms with Gasteiger partial charge in [0.2, 0.25) is 0 Å². The molecule has 20 heavy (non-hydrogen) atoms. The number of carbonyl (C=O) groups is 1. The van der Waals surface area contributed by atoms with Crippen LogP contribution in [0.5, 0.6) is 0 Å².